The fourth-order valence-electron chi connectivity index (χ4n) is 3.65. The van der Waals surface area contributed by atoms with E-state index in [1.165, 1.54) is 16.6 Å². The molecular weight excluding hydrogens is 316 g/mol. The average Bonchev–Trinajstić information content (AvgIpc) is 3.20. The van der Waals surface area contributed by atoms with Crippen molar-refractivity contribution in [3.8, 4) is 11.4 Å². The van der Waals surface area contributed by atoms with Crippen molar-refractivity contribution in [3.05, 3.63) is 35.3 Å². The molecule has 3 aromatic rings. The quantitative estimate of drug-likeness (QED) is 0.769. The summed E-state index contributed by atoms with van der Waals surface area (Å²) in [6, 6.07) is 6.03. The predicted octanol–water partition coefficient (Wildman–Crippen LogP) is 3.91. The Balaban J connectivity index is 1.69. The number of hydrogen-bond donors (Lipinski definition) is 1. The molecule has 1 atom stereocenters. The second-order valence-corrected chi connectivity index (χ2v) is 6.82. The van der Waals surface area contributed by atoms with Crippen molar-refractivity contribution in [2.75, 3.05) is 6.54 Å². The maximum Gasteiger partial charge on any atom is 0.249 e. The Labute approximate surface area is 146 Å². The maximum absolute atomic E-state index is 11.9. The third-order valence-corrected chi connectivity index (χ3v) is 5.20. The van der Waals surface area contributed by atoms with Crippen molar-refractivity contribution < 1.29 is 9.32 Å². The van der Waals surface area contributed by atoms with Crippen LogP contribution >= 0.6 is 0 Å². The number of carbonyl (C=O) groups excluding carboxylic acids is 1. The maximum atomic E-state index is 11.9. The Morgan fingerprint density at radius 2 is 2.16 bits per heavy atom. The summed E-state index contributed by atoms with van der Waals surface area (Å²) in [5, 5.41) is 5.34. The van der Waals surface area contributed by atoms with Crippen LogP contribution in [0.25, 0.3) is 22.3 Å². The lowest BCUT2D eigenvalue weighted by molar-refractivity contribution is -0.133. The monoisotopic (exact) mass is 338 g/mol. The van der Waals surface area contributed by atoms with E-state index in [-0.39, 0.29) is 11.9 Å². The van der Waals surface area contributed by atoms with Gasteiger partial charge in [0.1, 0.15) is 6.04 Å². The lowest BCUT2D eigenvalue weighted by Gasteiger charge is -2.32. The zero-order chi connectivity index (χ0) is 17.6. The molecule has 1 N–H and O–H groups in total. The molecular formula is C19H22N4O2. The third kappa shape index (κ3) is 2.71. The molecule has 25 heavy (non-hydrogen) atoms. The first-order chi connectivity index (χ1) is 12.0. The SMILES string of the molecule is CC(=O)N1CCCC[C@H]1c1nc(-c2ccc3[nH]c(C)c(C)c3c2)no1. The number of aromatic nitrogens is 3. The molecule has 4 rings (SSSR count). The Hall–Kier alpha value is -2.63. The molecule has 1 aliphatic heterocycles. The number of carbonyl (C=O) groups is 1. The number of benzene rings is 1. The zero-order valence-corrected chi connectivity index (χ0v) is 14.8. The van der Waals surface area contributed by atoms with E-state index in [1.807, 2.05) is 17.0 Å². The molecule has 0 aliphatic carbocycles. The Morgan fingerprint density at radius 1 is 1.32 bits per heavy atom. The van der Waals surface area contributed by atoms with E-state index in [1.54, 1.807) is 6.92 Å². The molecule has 1 aromatic carbocycles. The molecule has 1 aliphatic rings. The second-order valence-electron chi connectivity index (χ2n) is 6.82. The minimum Gasteiger partial charge on any atom is -0.358 e. The molecule has 0 unspecified atom stereocenters. The van der Waals surface area contributed by atoms with Gasteiger partial charge >= 0.3 is 0 Å². The first kappa shape index (κ1) is 15.9. The third-order valence-electron chi connectivity index (χ3n) is 5.20. The van der Waals surface area contributed by atoms with Gasteiger partial charge in [-0.1, -0.05) is 5.16 Å². The van der Waals surface area contributed by atoms with Crippen LogP contribution in [0.2, 0.25) is 0 Å². The molecule has 0 saturated carbocycles. The molecule has 6 nitrogen and oxygen atoms in total. The molecule has 1 amide bonds. The summed E-state index contributed by atoms with van der Waals surface area (Å²) in [6.07, 6.45) is 2.97. The molecule has 1 saturated heterocycles. The summed E-state index contributed by atoms with van der Waals surface area (Å²) in [7, 11) is 0. The van der Waals surface area contributed by atoms with Crippen molar-refractivity contribution in [2.24, 2.45) is 0 Å². The van der Waals surface area contributed by atoms with E-state index in [0.717, 1.165) is 36.9 Å². The number of aryl methyl sites for hydroxylation is 2. The van der Waals surface area contributed by atoms with E-state index >= 15 is 0 Å². The molecule has 0 bridgehead atoms. The topological polar surface area (TPSA) is 75.0 Å². The molecule has 2 aromatic heterocycles. The fraction of sp³-hybridized carbons (Fsp3) is 0.421. The van der Waals surface area contributed by atoms with Crippen molar-refractivity contribution in [1.82, 2.24) is 20.0 Å². The van der Waals surface area contributed by atoms with Crippen LogP contribution in [0.1, 0.15) is 49.4 Å². The number of likely N-dealkylation sites (tertiary alicyclic amines) is 1. The van der Waals surface area contributed by atoms with Crippen molar-refractivity contribution in [3.63, 3.8) is 0 Å². The van der Waals surface area contributed by atoms with E-state index < -0.39 is 0 Å². The highest BCUT2D eigenvalue weighted by atomic mass is 16.5. The van der Waals surface area contributed by atoms with Gasteiger partial charge in [-0.15, -0.1) is 0 Å². The molecule has 0 radical (unpaired) electrons. The van der Waals surface area contributed by atoms with Gasteiger partial charge in [0.2, 0.25) is 17.6 Å². The van der Waals surface area contributed by atoms with Gasteiger partial charge < -0.3 is 14.4 Å². The summed E-state index contributed by atoms with van der Waals surface area (Å²) < 4.78 is 5.52. The number of rotatable bonds is 2. The number of nitrogens with one attached hydrogen (secondary N) is 1. The van der Waals surface area contributed by atoms with Gasteiger partial charge in [0.05, 0.1) is 0 Å². The number of nitrogens with zero attached hydrogens (tertiary/aromatic N) is 3. The summed E-state index contributed by atoms with van der Waals surface area (Å²) in [5.41, 5.74) is 4.43. The largest absolute Gasteiger partial charge is 0.358 e. The van der Waals surface area contributed by atoms with Crippen LogP contribution in [0.5, 0.6) is 0 Å². The van der Waals surface area contributed by atoms with Crippen molar-refractivity contribution in [1.29, 1.82) is 0 Å². The minimum atomic E-state index is -0.104. The Bertz CT molecular complexity index is 940. The Kier molecular flexibility index (Phi) is 3.82. The van der Waals surface area contributed by atoms with Gasteiger partial charge in [0.25, 0.3) is 0 Å². The highest BCUT2D eigenvalue weighted by Gasteiger charge is 2.30. The smallest absolute Gasteiger partial charge is 0.249 e. The Morgan fingerprint density at radius 3 is 2.96 bits per heavy atom. The lowest BCUT2D eigenvalue weighted by Crippen LogP contribution is -2.37. The molecule has 0 spiro atoms. The van der Waals surface area contributed by atoms with Gasteiger partial charge in [-0.05, 0) is 56.9 Å². The van der Waals surface area contributed by atoms with Crippen LogP contribution in [-0.2, 0) is 4.79 Å². The molecule has 3 heterocycles. The standard InChI is InChI=1S/C19H22N4O2/c1-11-12(2)20-16-8-7-14(10-15(11)16)18-21-19(25-22-18)17-6-4-5-9-23(17)13(3)24/h7-8,10,17,20H,4-6,9H2,1-3H3/t17-/m0/s1. The summed E-state index contributed by atoms with van der Waals surface area (Å²) in [5.74, 6) is 1.17. The first-order valence-corrected chi connectivity index (χ1v) is 8.74. The number of H-pyrrole nitrogens is 1. The summed E-state index contributed by atoms with van der Waals surface area (Å²) in [6.45, 7) is 6.53. The van der Waals surface area contributed by atoms with E-state index in [4.69, 9.17) is 4.52 Å². The summed E-state index contributed by atoms with van der Waals surface area (Å²) in [4.78, 5) is 21.7. The minimum absolute atomic E-state index is 0.0595. The second kappa shape index (κ2) is 6.02. The number of amides is 1. The average molecular weight is 338 g/mol. The highest BCUT2D eigenvalue weighted by Crippen LogP contribution is 2.32. The highest BCUT2D eigenvalue weighted by molar-refractivity contribution is 5.88. The van der Waals surface area contributed by atoms with Crippen LogP contribution < -0.4 is 0 Å². The van der Waals surface area contributed by atoms with Crippen LogP contribution in [0.15, 0.2) is 22.7 Å². The van der Waals surface area contributed by atoms with Crippen LogP contribution in [0, 0.1) is 13.8 Å². The van der Waals surface area contributed by atoms with Gasteiger partial charge in [-0.25, -0.2) is 0 Å². The van der Waals surface area contributed by atoms with E-state index in [0.29, 0.717) is 11.7 Å². The number of fused-ring (bicyclic) bond motifs is 1. The number of hydrogen-bond acceptors (Lipinski definition) is 4. The number of aromatic amines is 1. The van der Waals surface area contributed by atoms with E-state index in [2.05, 4.69) is 35.0 Å². The molecule has 6 heteroatoms. The normalized spacial score (nSPS) is 18.0. The van der Waals surface area contributed by atoms with E-state index in [9.17, 15) is 4.79 Å². The molecule has 130 valence electrons. The lowest BCUT2D eigenvalue weighted by atomic mass is 10.0. The van der Waals surface area contributed by atoms with Crippen LogP contribution in [0.3, 0.4) is 0 Å². The molecule has 1 fully saturated rings. The number of piperidine rings is 1. The van der Waals surface area contributed by atoms with Crippen LogP contribution in [-0.4, -0.2) is 32.5 Å². The van der Waals surface area contributed by atoms with Gasteiger partial charge in [-0.2, -0.15) is 4.98 Å². The van der Waals surface area contributed by atoms with Gasteiger partial charge in [-0.3, -0.25) is 4.79 Å². The summed E-state index contributed by atoms with van der Waals surface area (Å²) >= 11 is 0. The van der Waals surface area contributed by atoms with Crippen LogP contribution in [0.4, 0.5) is 0 Å². The van der Waals surface area contributed by atoms with Gasteiger partial charge in [0.15, 0.2) is 0 Å². The van der Waals surface area contributed by atoms with Crippen molar-refractivity contribution >= 4 is 16.8 Å². The predicted molar refractivity (Wildman–Crippen MR) is 95.0 cm³/mol. The fourth-order valence-corrected chi connectivity index (χ4v) is 3.65. The zero-order valence-electron chi connectivity index (χ0n) is 14.8. The van der Waals surface area contributed by atoms with Gasteiger partial charge in [0, 0.05) is 35.6 Å². The first-order valence-electron chi connectivity index (χ1n) is 8.74. The van der Waals surface area contributed by atoms with Crippen molar-refractivity contribution in [2.45, 2.75) is 46.1 Å².